The zero-order chi connectivity index (χ0) is 20.0. The number of alkyl halides is 2. The molecule has 4 aromatic rings. The predicted molar refractivity (Wildman–Crippen MR) is 103 cm³/mol. The second kappa shape index (κ2) is 7.11. The molecule has 10 heteroatoms. The summed E-state index contributed by atoms with van der Waals surface area (Å²) >= 11 is 1.60. The zero-order valence-corrected chi connectivity index (χ0v) is 15.8. The third-order valence-corrected chi connectivity index (χ3v) is 6.03. The monoisotopic (exact) mass is 416 g/mol. The van der Waals surface area contributed by atoms with Crippen LogP contribution in [0.1, 0.15) is 41.7 Å². The molecule has 1 atom stereocenters. The van der Waals surface area contributed by atoms with Crippen LogP contribution in [0.25, 0.3) is 16.2 Å². The molecule has 3 aromatic heterocycles. The van der Waals surface area contributed by atoms with E-state index in [4.69, 9.17) is 4.98 Å². The Labute approximate surface area is 167 Å². The van der Waals surface area contributed by atoms with Crippen molar-refractivity contribution in [1.29, 1.82) is 0 Å². The molecule has 0 aliphatic heterocycles. The molecule has 0 spiro atoms. The van der Waals surface area contributed by atoms with Crippen LogP contribution in [0, 0.1) is 5.82 Å². The van der Waals surface area contributed by atoms with Gasteiger partial charge < -0.3 is 5.32 Å². The van der Waals surface area contributed by atoms with Crippen molar-refractivity contribution in [1.82, 2.24) is 24.8 Å². The average molecular weight is 416 g/mol. The summed E-state index contributed by atoms with van der Waals surface area (Å²) in [4.78, 5) is 5.95. The van der Waals surface area contributed by atoms with Crippen molar-refractivity contribution in [3.05, 3.63) is 58.6 Å². The molecule has 148 valence electrons. The second-order valence-corrected chi connectivity index (χ2v) is 7.85. The lowest BCUT2D eigenvalue weighted by molar-refractivity contribution is 0.137. The number of anilines is 1. The van der Waals surface area contributed by atoms with E-state index in [1.54, 1.807) is 35.6 Å². The Hall–Kier alpha value is -3.01. The van der Waals surface area contributed by atoms with Gasteiger partial charge in [0.25, 0.3) is 6.43 Å². The Kier molecular flexibility index (Phi) is 4.42. The van der Waals surface area contributed by atoms with Gasteiger partial charge in [0.15, 0.2) is 5.65 Å². The van der Waals surface area contributed by atoms with Crippen LogP contribution in [0.15, 0.2) is 36.4 Å². The van der Waals surface area contributed by atoms with Gasteiger partial charge in [-0.05, 0) is 55.7 Å². The van der Waals surface area contributed by atoms with Crippen molar-refractivity contribution in [3.8, 4) is 10.6 Å². The number of benzene rings is 1. The topological polar surface area (TPSA) is 68.0 Å². The summed E-state index contributed by atoms with van der Waals surface area (Å²) in [6.07, 6.45) is 0.00132. The molecule has 1 aliphatic carbocycles. The number of aromatic nitrogens is 5. The van der Waals surface area contributed by atoms with Gasteiger partial charge in [0.2, 0.25) is 5.82 Å². The fourth-order valence-corrected chi connectivity index (χ4v) is 4.64. The lowest BCUT2D eigenvalue weighted by Gasteiger charge is -2.22. The Balaban J connectivity index is 1.45. The minimum atomic E-state index is -2.76. The number of hydrogen-bond donors (Lipinski definition) is 1. The van der Waals surface area contributed by atoms with E-state index in [0.29, 0.717) is 5.82 Å². The van der Waals surface area contributed by atoms with Crippen LogP contribution >= 0.6 is 11.3 Å². The summed E-state index contributed by atoms with van der Waals surface area (Å²) in [6, 6.07) is 9.49. The molecule has 3 heterocycles. The van der Waals surface area contributed by atoms with Crippen molar-refractivity contribution >= 4 is 22.8 Å². The van der Waals surface area contributed by atoms with Crippen molar-refractivity contribution < 1.29 is 13.2 Å². The molecule has 1 aromatic carbocycles. The summed E-state index contributed by atoms with van der Waals surface area (Å²) in [5.41, 5.74) is 2.07. The van der Waals surface area contributed by atoms with E-state index in [2.05, 4.69) is 20.6 Å². The Bertz CT molecular complexity index is 1170. The molecule has 0 amide bonds. The number of halogens is 3. The minimum Gasteiger partial charge on any atom is -0.360 e. The summed E-state index contributed by atoms with van der Waals surface area (Å²) in [6.45, 7) is 0. The molecule has 1 unspecified atom stereocenters. The highest BCUT2D eigenvalue weighted by Gasteiger charge is 2.26. The maximum absolute atomic E-state index is 13.2. The van der Waals surface area contributed by atoms with Crippen LogP contribution in [-0.2, 0) is 6.42 Å². The van der Waals surface area contributed by atoms with E-state index in [1.165, 1.54) is 17.0 Å². The van der Waals surface area contributed by atoms with Gasteiger partial charge in [-0.25, -0.2) is 18.2 Å². The lowest BCUT2D eigenvalue weighted by atomic mass is 9.97. The number of fused-ring (bicyclic) bond motifs is 2. The van der Waals surface area contributed by atoms with E-state index < -0.39 is 12.2 Å². The molecule has 0 bridgehead atoms. The van der Waals surface area contributed by atoms with Crippen molar-refractivity contribution in [2.24, 2.45) is 0 Å². The summed E-state index contributed by atoms with van der Waals surface area (Å²) in [7, 11) is 0. The Morgan fingerprint density at radius 2 is 1.93 bits per heavy atom. The van der Waals surface area contributed by atoms with Gasteiger partial charge in [-0.15, -0.1) is 26.6 Å². The van der Waals surface area contributed by atoms with Crippen molar-refractivity contribution in [2.45, 2.75) is 31.7 Å². The SMILES string of the molecule is Fc1ccc(-c2nc3c(s2)CCCC3Nc2ccc3nnc(C(F)F)n3n2)cc1. The first-order valence-electron chi connectivity index (χ1n) is 9.11. The van der Waals surface area contributed by atoms with Crippen LogP contribution in [0.2, 0.25) is 0 Å². The number of rotatable bonds is 4. The van der Waals surface area contributed by atoms with E-state index in [1.807, 2.05) is 0 Å². The van der Waals surface area contributed by atoms with Crippen molar-refractivity contribution in [3.63, 3.8) is 0 Å². The average Bonchev–Trinajstić information content (AvgIpc) is 3.33. The van der Waals surface area contributed by atoms with Crippen molar-refractivity contribution in [2.75, 3.05) is 5.32 Å². The molecule has 5 rings (SSSR count). The van der Waals surface area contributed by atoms with Crippen LogP contribution in [0.5, 0.6) is 0 Å². The molecule has 1 N–H and O–H groups in total. The minimum absolute atomic E-state index is 0.0828. The maximum Gasteiger partial charge on any atom is 0.299 e. The van der Waals surface area contributed by atoms with Gasteiger partial charge in [0.1, 0.15) is 16.6 Å². The Morgan fingerprint density at radius 3 is 2.72 bits per heavy atom. The molecule has 1 aliphatic rings. The number of aryl methyl sites for hydroxylation is 1. The number of nitrogens with one attached hydrogen (secondary N) is 1. The molecule has 0 radical (unpaired) electrons. The fourth-order valence-electron chi connectivity index (χ4n) is 3.47. The molecule has 0 fully saturated rings. The summed E-state index contributed by atoms with van der Waals surface area (Å²) in [5, 5.41) is 15.6. The molecular weight excluding hydrogens is 401 g/mol. The summed E-state index contributed by atoms with van der Waals surface area (Å²) < 4.78 is 40.4. The van der Waals surface area contributed by atoms with E-state index in [0.717, 1.165) is 40.0 Å². The van der Waals surface area contributed by atoms with Crippen LogP contribution in [0.3, 0.4) is 0 Å². The number of thiazole rings is 1. The predicted octanol–water partition coefficient (Wildman–Crippen LogP) is 4.81. The largest absolute Gasteiger partial charge is 0.360 e. The highest BCUT2D eigenvalue weighted by atomic mass is 32.1. The smallest absolute Gasteiger partial charge is 0.299 e. The van der Waals surface area contributed by atoms with E-state index in [-0.39, 0.29) is 17.5 Å². The number of hydrogen-bond acceptors (Lipinski definition) is 6. The highest BCUT2D eigenvalue weighted by Crippen LogP contribution is 2.38. The highest BCUT2D eigenvalue weighted by molar-refractivity contribution is 7.15. The van der Waals surface area contributed by atoms with Gasteiger partial charge in [-0.1, -0.05) is 0 Å². The van der Waals surface area contributed by atoms with Gasteiger partial charge in [-0.2, -0.15) is 4.52 Å². The summed E-state index contributed by atoms with van der Waals surface area (Å²) in [5.74, 6) is -0.318. The Morgan fingerprint density at radius 1 is 1.10 bits per heavy atom. The third kappa shape index (κ3) is 3.33. The number of nitrogens with zero attached hydrogens (tertiary/aromatic N) is 5. The normalized spacial score (nSPS) is 16.3. The first-order valence-corrected chi connectivity index (χ1v) is 9.93. The van der Waals surface area contributed by atoms with Gasteiger partial charge in [0.05, 0.1) is 11.7 Å². The standard InChI is InChI=1S/C19H15F3N6S/c20-11-6-4-10(5-7-11)19-24-16-12(2-1-3-13(16)29-19)23-14-8-9-15-25-26-18(17(21)22)28(15)27-14/h4-9,12,17H,1-3H2,(H,23,27). The molecule has 0 saturated carbocycles. The molecule has 29 heavy (non-hydrogen) atoms. The third-order valence-electron chi connectivity index (χ3n) is 4.85. The van der Waals surface area contributed by atoms with Crippen LogP contribution in [-0.4, -0.2) is 24.8 Å². The van der Waals surface area contributed by atoms with E-state index in [9.17, 15) is 13.2 Å². The van der Waals surface area contributed by atoms with Crippen LogP contribution < -0.4 is 5.32 Å². The fraction of sp³-hybridized carbons (Fsp3) is 0.263. The van der Waals surface area contributed by atoms with Crippen LogP contribution in [0.4, 0.5) is 19.0 Å². The first-order chi connectivity index (χ1) is 14.1. The molecule has 0 saturated heterocycles. The molecular formula is C19H15F3N6S. The van der Waals surface area contributed by atoms with Gasteiger partial charge >= 0.3 is 0 Å². The second-order valence-electron chi connectivity index (χ2n) is 6.77. The van der Waals surface area contributed by atoms with E-state index >= 15 is 0 Å². The quantitative estimate of drug-likeness (QED) is 0.517. The van der Waals surface area contributed by atoms with Gasteiger partial charge in [-0.3, -0.25) is 0 Å². The van der Waals surface area contributed by atoms with Gasteiger partial charge in [0, 0.05) is 10.4 Å². The first kappa shape index (κ1) is 18.0. The maximum atomic E-state index is 13.2. The zero-order valence-electron chi connectivity index (χ0n) is 15.0. The molecule has 6 nitrogen and oxygen atoms in total. The lowest BCUT2D eigenvalue weighted by Crippen LogP contribution is -2.18.